The largest absolute Gasteiger partial charge is 0.495 e. The number of hydrogen-bond acceptors (Lipinski definition) is 8. The maximum atomic E-state index is 12.9. The number of nitro benzene ring substituents is 1. The van der Waals surface area contributed by atoms with Gasteiger partial charge in [-0.3, -0.25) is 24.6 Å². The summed E-state index contributed by atoms with van der Waals surface area (Å²) in [6.07, 6.45) is 1.70. The topological polar surface area (TPSA) is 111 Å². The molecule has 9 nitrogen and oxygen atoms in total. The summed E-state index contributed by atoms with van der Waals surface area (Å²) in [4.78, 5) is 37.3. The van der Waals surface area contributed by atoms with Crippen molar-refractivity contribution in [2.24, 2.45) is 0 Å². The van der Waals surface area contributed by atoms with Crippen molar-refractivity contribution in [3.05, 3.63) is 93.4 Å². The summed E-state index contributed by atoms with van der Waals surface area (Å²) >= 11 is 6.49. The average Bonchev–Trinajstić information content (AvgIpc) is 3.16. The van der Waals surface area contributed by atoms with Gasteiger partial charge in [0.2, 0.25) is 0 Å². The van der Waals surface area contributed by atoms with Crippen molar-refractivity contribution in [1.82, 2.24) is 0 Å². The van der Waals surface area contributed by atoms with E-state index in [2.05, 4.69) is 5.32 Å². The highest BCUT2D eigenvalue weighted by atomic mass is 32.2. The lowest BCUT2D eigenvalue weighted by Crippen LogP contribution is -2.27. The molecule has 0 atom stereocenters. The van der Waals surface area contributed by atoms with Gasteiger partial charge in [0, 0.05) is 12.1 Å². The standard InChI is InChI=1S/C25H19N3O6S2/c1-33-21-5-3-2-4-20(21)26-23(29)15-34-19-12-6-16(7-13-19)14-22-24(30)27(25(35)36-22)17-8-10-18(11-9-17)28(31)32/h2-14H,15H2,1H3,(H,26,29)/b22-14+. The van der Waals surface area contributed by atoms with Crippen LogP contribution in [0.5, 0.6) is 11.5 Å². The van der Waals surface area contributed by atoms with E-state index in [0.717, 1.165) is 17.3 Å². The zero-order valence-electron chi connectivity index (χ0n) is 18.9. The smallest absolute Gasteiger partial charge is 0.270 e. The van der Waals surface area contributed by atoms with Gasteiger partial charge in [-0.2, -0.15) is 0 Å². The third-order valence-corrected chi connectivity index (χ3v) is 6.34. The summed E-state index contributed by atoms with van der Waals surface area (Å²) in [5.41, 5.74) is 1.68. The van der Waals surface area contributed by atoms with Crippen LogP contribution in [0, 0.1) is 10.1 Å². The number of nitrogens with zero attached hydrogens (tertiary/aromatic N) is 2. The van der Waals surface area contributed by atoms with Gasteiger partial charge in [0.05, 0.1) is 28.3 Å². The molecular formula is C25H19N3O6S2. The molecule has 11 heteroatoms. The van der Waals surface area contributed by atoms with Crippen molar-refractivity contribution in [1.29, 1.82) is 0 Å². The highest BCUT2D eigenvalue weighted by Gasteiger charge is 2.33. The molecule has 182 valence electrons. The first kappa shape index (κ1) is 24.9. The van der Waals surface area contributed by atoms with E-state index in [-0.39, 0.29) is 24.1 Å². The van der Waals surface area contributed by atoms with Crippen molar-refractivity contribution in [2.75, 3.05) is 23.9 Å². The highest BCUT2D eigenvalue weighted by Crippen LogP contribution is 2.36. The average molecular weight is 522 g/mol. The number of carbonyl (C=O) groups excluding carboxylic acids is 2. The molecule has 0 radical (unpaired) electrons. The molecule has 1 aliphatic rings. The first-order valence-electron chi connectivity index (χ1n) is 10.5. The Hall–Kier alpha value is -4.22. The number of anilines is 2. The molecule has 1 N–H and O–H groups in total. The number of rotatable bonds is 8. The molecule has 36 heavy (non-hydrogen) atoms. The van der Waals surface area contributed by atoms with Crippen LogP contribution in [0.2, 0.25) is 0 Å². The maximum absolute atomic E-state index is 12.9. The van der Waals surface area contributed by atoms with Gasteiger partial charge in [0.15, 0.2) is 10.9 Å². The molecule has 1 saturated heterocycles. The molecule has 2 amide bonds. The molecule has 0 unspecified atom stereocenters. The summed E-state index contributed by atoms with van der Waals surface area (Å²) in [6.45, 7) is -0.189. The predicted octanol–water partition coefficient (Wildman–Crippen LogP) is 5.03. The Balaban J connectivity index is 1.37. The summed E-state index contributed by atoms with van der Waals surface area (Å²) < 4.78 is 11.1. The number of amides is 2. The summed E-state index contributed by atoms with van der Waals surface area (Å²) in [5.74, 6) is 0.389. The van der Waals surface area contributed by atoms with Gasteiger partial charge < -0.3 is 14.8 Å². The predicted molar refractivity (Wildman–Crippen MR) is 142 cm³/mol. The summed E-state index contributed by atoms with van der Waals surface area (Å²) in [6, 6.07) is 19.6. The second-order valence-corrected chi connectivity index (χ2v) is 9.07. The number of methoxy groups -OCH3 is 1. The van der Waals surface area contributed by atoms with Gasteiger partial charge in [-0.15, -0.1) is 0 Å². The third-order valence-electron chi connectivity index (χ3n) is 5.04. The second kappa shape index (κ2) is 11.0. The summed E-state index contributed by atoms with van der Waals surface area (Å²) in [7, 11) is 1.52. The molecule has 1 aliphatic heterocycles. The molecule has 0 bridgehead atoms. The minimum absolute atomic E-state index is 0.0701. The zero-order valence-corrected chi connectivity index (χ0v) is 20.5. The van der Waals surface area contributed by atoms with E-state index < -0.39 is 4.92 Å². The fraction of sp³-hybridized carbons (Fsp3) is 0.0800. The number of non-ortho nitro benzene ring substituents is 1. The first-order chi connectivity index (χ1) is 17.4. The van der Waals surface area contributed by atoms with Crippen LogP contribution >= 0.6 is 24.0 Å². The maximum Gasteiger partial charge on any atom is 0.270 e. The molecule has 0 aliphatic carbocycles. The monoisotopic (exact) mass is 521 g/mol. The minimum atomic E-state index is -0.506. The van der Waals surface area contributed by atoms with Crippen LogP contribution in [0.1, 0.15) is 5.56 Å². The third kappa shape index (κ3) is 5.70. The number of hydrogen-bond donors (Lipinski definition) is 1. The lowest BCUT2D eigenvalue weighted by molar-refractivity contribution is -0.384. The normalized spacial score (nSPS) is 14.1. The second-order valence-electron chi connectivity index (χ2n) is 7.40. The number of nitro groups is 1. The molecule has 3 aromatic rings. The number of benzene rings is 3. The first-order valence-corrected chi connectivity index (χ1v) is 11.8. The Morgan fingerprint density at radius 1 is 1.11 bits per heavy atom. The van der Waals surface area contributed by atoms with Crippen molar-refractivity contribution in [3.8, 4) is 11.5 Å². The Bertz CT molecular complexity index is 1360. The van der Waals surface area contributed by atoms with Crippen LogP contribution in [0.4, 0.5) is 17.1 Å². The van der Waals surface area contributed by atoms with Crippen LogP contribution in [0.3, 0.4) is 0 Å². The number of ether oxygens (including phenoxy) is 2. The van der Waals surface area contributed by atoms with E-state index in [1.165, 1.54) is 36.3 Å². The molecule has 4 rings (SSSR count). The van der Waals surface area contributed by atoms with Crippen LogP contribution < -0.4 is 19.7 Å². The zero-order chi connectivity index (χ0) is 25.7. The lowest BCUT2D eigenvalue weighted by atomic mass is 10.2. The molecule has 1 fully saturated rings. The van der Waals surface area contributed by atoms with Crippen LogP contribution in [-0.4, -0.2) is 34.8 Å². The van der Waals surface area contributed by atoms with E-state index in [0.29, 0.717) is 32.1 Å². The van der Waals surface area contributed by atoms with Crippen LogP contribution in [0.15, 0.2) is 77.7 Å². The van der Waals surface area contributed by atoms with Gasteiger partial charge in [-0.1, -0.05) is 48.2 Å². The lowest BCUT2D eigenvalue weighted by Gasteiger charge is -2.13. The number of carbonyl (C=O) groups is 2. The number of para-hydroxylation sites is 2. The van der Waals surface area contributed by atoms with E-state index in [9.17, 15) is 19.7 Å². The molecule has 0 saturated carbocycles. The van der Waals surface area contributed by atoms with Crippen molar-refractivity contribution >= 4 is 63.3 Å². The van der Waals surface area contributed by atoms with Crippen molar-refractivity contribution in [2.45, 2.75) is 0 Å². The molecule has 0 spiro atoms. The highest BCUT2D eigenvalue weighted by molar-refractivity contribution is 8.27. The van der Waals surface area contributed by atoms with Gasteiger partial charge in [0.1, 0.15) is 11.5 Å². The van der Waals surface area contributed by atoms with Gasteiger partial charge in [-0.05, 0) is 48.0 Å². The Labute approximate surface area is 215 Å². The fourth-order valence-corrected chi connectivity index (χ4v) is 4.61. The van der Waals surface area contributed by atoms with E-state index in [1.807, 2.05) is 0 Å². The van der Waals surface area contributed by atoms with Gasteiger partial charge in [-0.25, -0.2) is 0 Å². The van der Waals surface area contributed by atoms with Crippen molar-refractivity contribution < 1.29 is 24.0 Å². The fourth-order valence-electron chi connectivity index (χ4n) is 3.31. The van der Waals surface area contributed by atoms with Crippen LogP contribution in [0.25, 0.3) is 6.08 Å². The van der Waals surface area contributed by atoms with Crippen LogP contribution in [-0.2, 0) is 9.59 Å². The van der Waals surface area contributed by atoms with Gasteiger partial charge in [0.25, 0.3) is 17.5 Å². The minimum Gasteiger partial charge on any atom is -0.495 e. The van der Waals surface area contributed by atoms with Crippen molar-refractivity contribution in [3.63, 3.8) is 0 Å². The van der Waals surface area contributed by atoms with E-state index in [1.54, 1.807) is 54.6 Å². The number of nitrogens with one attached hydrogen (secondary N) is 1. The molecule has 3 aromatic carbocycles. The Morgan fingerprint density at radius 3 is 2.47 bits per heavy atom. The van der Waals surface area contributed by atoms with E-state index in [4.69, 9.17) is 21.7 Å². The summed E-state index contributed by atoms with van der Waals surface area (Å²) in [5, 5.41) is 13.6. The Kier molecular flexibility index (Phi) is 7.62. The Morgan fingerprint density at radius 2 is 1.81 bits per heavy atom. The quantitative estimate of drug-likeness (QED) is 0.190. The van der Waals surface area contributed by atoms with Gasteiger partial charge >= 0.3 is 0 Å². The van der Waals surface area contributed by atoms with E-state index >= 15 is 0 Å². The SMILES string of the molecule is COc1ccccc1NC(=O)COc1ccc(/C=C2/SC(=S)N(c3ccc([N+](=O)[O-])cc3)C2=O)cc1. The molecular weight excluding hydrogens is 502 g/mol. The number of thiocarbonyl (C=S) groups is 1. The molecule has 1 heterocycles. The molecule has 0 aromatic heterocycles. The number of thioether (sulfide) groups is 1.